The quantitative estimate of drug-likeness (QED) is 0.867. The number of anilines is 1. The Hall–Kier alpha value is -1.15. The van der Waals surface area contributed by atoms with Gasteiger partial charge in [-0.3, -0.25) is 4.79 Å². The summed E-state index contributed by atoms with van der Waals surface area (Å²) in [6.45, 7) is 5.54. The molecule has 3 rings (SSSR count). The summed E-state index contributed by atoms with van der Waals surface area (Å²) in [7, 11) is -3.55. The topological polar surface area (TPSA) is 83.7 Å². The SMILES string of the molecule is CC(=O)N1CCc2ccc(S(=O)(=O)N3CCC(C)(CN)C3)cc21.Cl. The van der Waals surface area contributed by atoms with Crippen molar-refractivity contribution in [3.8, 4) is 0 Å². The highest BCUT2D eigenvalue weighted by Gasteiger charge is 2.39. The van der Waals surface area contributed by atoms with E-state index in [0.29, 0.717) is 26.2 Å². The number of carbonyl (C=O) groups is 1. The van der Waals surface area contributed by atoms with E-state index in [1.165, 1.54) is 11.2 Å². The maximum absolute atomic E-state index is 12.9. The summed E-state index contributed by atoms with van der Waals surface area (Å²) >= 11 is 0. The van der Waals surface area contributed by atoms with Crippen LogP contribution in [0.1, 0.15) is 25.8 Å². The molecule has 1 aromatic carbocycles. The van der Waals surface area contributed by atoms with Gasteiger partial charge in [0.1, 0.15) is 0 Å². The number of hydrogen-bond acceptors (Lipinski definition) is 4. The van der Waals surface area contributed by atoms with Crippen molar-refractivity contribution in [3.05, 3.63) is 23.8 Å². The average Bonchev–Trinajstić information content (AvgIpc) is 3.11. The highest BCUT2D eigenvalue weighted by molar-refractivity contribution is 7.89. The molecule has 0 saturated carbocycles. The third-order valence-corrected chi connectivity index (χ3v) is 6.83. The van der Waals surface area contributed by atoms with E-state index in [4.69, 9.17) is 5.73 Å². The van der Waals surface area contributed by atoms with E-state index in [-0.39, 0.29) is 28.6 Å². The number of amides is 1. The van der Waals surface area contributed by atoms with Gasteiger partial charge in [0.15, 0.2) is 0 Å². The predicted octanol–water partition coefficient (Wildman–Crippen LogP) is 1.38. The molecule has 1 amide bonds. The van der Waals surface area contributed by atoms with E-state index in [0.717, 1.165) is 24.1 Å². The van der Waals surface area contributed by atoms with Crippen molar-refractivity contribution < 1.29 is 13.2 Å². The van der Waals surface area contributed by atoms with Crippen LogP contribution >= 0.6 is 12.4 Å². The van der Waals surface area contributed by atoms with Gasteiger partial charge in [-0.1, -0.05) is 13.0 Å². The van der Waals surface area contributed by atoms with Crippen LogP contribution in [-0.4, -0.2) is 44.8 Å². The molecule has 0 spiro atoms. The second-order valence-corrected chi connectivity index (χ2v) is 8.75. The first-order chi connectivity index (χ1) is 10.8. The third-order valence-electron chi connectivity index (χ3n) is 4.99. The Morgan fingerprint density at radius 2 is 2.04 bits per heavy atom. The number of benzene rings is 1. The number of sulfonamides is 1. The predicted molar refractivity (Wildman–Crippen MR) is 96.0 cm³/mol. The second-order valence-electron chi connectivity index (χ2n) is 6.81. The van der Waals surface area contributed by atoms with Crippen LogP contribution in [0.3, 0.4) is 0 Å². The summed E-state index contributed by atoms with van der Waals surface area (Å²) in [4.78, 5) is 13.6. The van der Waals surface area contributed by atoms with Gasteiger partial charge in [0.2, 0.25) is 15.9 Å². The van der Waals surface area contributed by atoms with Gasteiger partial charge in [-0.05, 0) is 42.5 Å². The van der Waals surface area contributed by atoms with Crippen molar-refractivity contribution in [1.82, 2.24) is 4.31 Å². The fourth-order valence-corrected chi connectivity index (χ4v) is 4.96. The van der Waals surface area contributed by atoms with Gasteiger partial charge in [-0.2, -0.15) is 4.31 Å². The van der Waals surface area contributed by atoms with E-state index >= 15 is 0 Å². The summed E-state index contributed by atoms with van der Waals surface area (Å²) in [6, 6.07) is 5.11. The first kappa shape index (κ1) is 19.2. The van der Waals surface area contributed by atoms with Crippen LogP contribution in [0.4, 0.5) is 5.69 Å². The van der Waals surface area contributed by atoms with Crippen molar-refractivity contribution in [2.75, 3.05) is 31.1 Å². The molecule has 1 saturated heterocycles. The molecular formula is C16H24ClN3O3S. The van der Waals surface area contributed by atoms with Crippen LogP contribution in [0.25, 0.3) is 0 Å². The lowest BCUT2D eigenvalue weighted by atomic mass is 9.90. The zero-order valence-electron chi connectivity index (χ0n) is 14.0. The molecule has 2 aliphatic heterocycles. The summed E-state index contributed by atoms with van der Waals surface area (Å²) in [6.07, 6.45) is 1.54. The van der Waals surface area contributed by atoms with Crippen LogP contribution in [0.2, 0.25) is 0 Å². The van der Waals surface area contributed by atoms with Crippen LogP contribution < -0.4 is 10.6 Å². The number of nitrogens with zero attached hydrogens (tertiary/aromatic N) is 2. The van der Waals surface area contributed by atoms with Crippen LogP contribution in [0.15, 0.2) is 23.1 Å². The van der Waals surface area contributed by atoms with Gasteiger partial charge >= 0.3 is 0 Å². The van der Waals surface area contributed by atoms with Gasteiger partial charge in [0, 0.05) is 32.2 Å². The normalized spacial score (nSPS) is 23.9. The number of rotatable bonds is 3. The van der Waals surface area contributed by atoms with Crippen molar-refractivity contribution in [2.24, 2.45) is 11.1 Å². The zero-order chi connectivity index (χ0) is 16.8. The molecule has 6 nitrogen and oxygen atoms in total. The van der Waals surface area contributed by atoms with Gasteiger partial charge in [-0.25, -0.2) is 8.42 Å². The zero-order valence-corrected chi connectivity index (χ0v) is 15.6. The Bertz CT molecular complexity index is 753. The highest BCUT2D eigenvalue weighted by Crippen LogP contribution is 2.35. The number of fused-ring (bicyclic) bond motifs is 1. The minimum atomic E-state index is -3.55. The Morgan fingerprint density at radius 1 is 1.33 bits per heavy atom. The molecule has 2 N–H and O–H groups in total. The monoisotopic (exact) mass is 373 g/mol. The van der Waals surface area contributed by atoms with Gasteiger partial charge in [0.05, 0.1) is 4.90 Å². The second kappa shape index (κ2) is 6.63. The molecule has 1 fully saturated rings. The molecule has 1 aromatic rings. The van der Waals surface area contributed by atoms with Crippen molar-refractivity contribution >= 4 is 34.0 Å². The van der Waals surface area contributed by atoms with Gasteiger partial charge in [0.25, 0.3) is 0 Å². The Morgan fingerprint density at radius 3 is 2.62 bits per heavy atom. The summed E-state index contributed by atoms with van der Waals surface area (Å²) in [5, 5.41) is 0. The van der Waals surface area contributed by atoms with E-state index in [2.05, 4.69) is 0 Å². The van der Waals surface area contributed by atoms with E-state index in [1.807, 2.05) is 13.0 Å². The smallest absolute Gasteiger partial charge is 0.243 e. The van der Waals surface area contributed by atoms with Crippen LogP contribution in [0, 0.1) is 5.41 Å². The standard InChI is InChI=1S/C16H23N3O3S.ClH/c1-12(20)19-7-5-13-3-4-14(9-15(13)19)23(21,22)18-8-6-16(2,10-17)11-18;/h3-4,9H,5-8,10-11,17H2,1-2H3;1H. The molecule has 0 radical (unpaired) electrons. The molecule has 0 bridgehead atoms. The van der Waals surface area contributed by atoms with E-state index in [1.54, 1.807) is 17.0 Å². The molecule has 2 aliphatic rings. The van der Waals surface area contributed by atoms with E-state index in [9.17, 15) is 13.2 Å². The first-order valence-electron chi connectivity index (χ1n) is 7.88. The molecule has 1 atom stereocenters. The van der Waals surface area contributed by atoms with Crippen molar-refractivity contribution in [1.29, 1.82) is 0 Å². The number of halogens is 1. The molecule has 2 heterocycles. The third kappa shape index (κ3) is 3.18. The molecule has 8 heteroatoms. The van der Waals surface area contributed by atoms with E-state index < -0.39 is 10.0 Å². The molecule has 0 aliphatic carbocycles. The summed E-state index contributed by atoms with van der Waals surface area (Å²) in [5.74, 6) is -0.0600. The maximum atomic E-state index is 12.9. The molecule has 24 heavy (non-hydrogen) atoms. The fraction of sp³-hybridized carbons (Fsp3) is 0.562. The van der Waals surface area contributed by atoms with Crippen LogP contribution in [-0.2, 0) is 21.2 Å². The summed E-state index contributed by atoms with van der Waals surface area (Å²) < 4.78 is 27.3. The minimum Gasteiger partial charge on any atom is -0.330 e. The average molecular weight is 374 g/mol. The lowest BCUT2D eigenvalue weighted by Crippen LogP contribution is -2.34. The molecular weight excluding hydrogens is 350 g/mol. The highest BCUT2D eigenvalue weighted by atomic mass is 35.5. The Balaban J connectivity index is 0.00000208. The fourth-order valence-electron chi connectivity index (χ4n) is 3.35. The first-order valence-corrected chi connectivity index (χ1v) is 9.32. The Labute approximate surface area is 149 Å². The van der Waals surface area contributed by atoms with Crippen molar-refractivity contribution in [2.45, 2.75) is 31.6 Å². The lowest BCUT2D eigenvalue weighted by molar-refractivity contribution is -0.116. The van der Waals surface area contributed by atoms with Crippen LogP contribution in [0.5, 0.6) is 0 Å². The largest absolute Gasteiger partial charge is 0.330 e. The van der Waals surface area contributed by atoms with Gasteiger partial charge in [-0.15, -0.1) is 12.4 Å². The molecule has 134 valence electrons. The minimum absolute atomic E-state index is 0. The number of hydrogen-bond donors (Lipinski definition) is 1. The molecule has 0 aromatic heterocycles. The number of nitrogens with two attached hydrogens (primary N) is 1. The Kier molecular flexibility index (Phi) is 5.30. The summed E-state index contributed by atoms with van der Waals surface area (Å²) in [5.41, 5.74) is 7.36. The molecule has 1 unspecified atom stereocenters. The number of carbonyl (C=O) groups excluding carboxylic acids is 1. The van der Waals surface area contributed by atoms with Crippen molar-refractivity contribution in [3.63, 3.8) is 0 Å². The van der Waals surface area contributed by atoms with Gasteiger partial charge < -0.3 is 10.6 Å². The lowest BCUT2D eigenvalue weighted by Gasteiger charge is -2.23. The maximum Gasteiger partial charge on any atom is 0.243 e.